The maximum Gasteiger partial charge on any atom is 0.320 e. The van der Waals surface area contributed by atoms with Gasteiger partial charge < -0.3 is 20.5 Å². The molecule has 98 valence electrons. The van der Waals surface area contributed by atoms with Crippen LogP contribution in [0.25, 0.3) is 0 Å². The van der Waals surface area contributed by atoms with E-state index in [9.17, 15) is 24.8 Å². The molecule has 0 unspecified atom stereocenters. The highest BCUT2D eigenvalue weighted by Crippen LogP contribution is 2.21. The third kappa shape index (κ3) is 2.68. The van der Waals surface area contributed by atoms with Gasteiger partial charge in [-0.05, 0) is 23.8 Å². The first kappa shape index (κ1) is 12.6. The normalized spacial score (nSPS) is 18.0. The van der Waals surface area contributed by atoms with Gasteiger partial charge >= 0.3 is 6.03 Å². The molecule has 0 aliphatic carbocycles. The summed E-state index contributed by atoms with van der Waals surface area (Å²) in [4.78, 5) is 31.9. The number of hydrogen-bond acceptors (Lipinski definition) is 5. The lowest BCUT2D eigenvalue weighted by molar-refractivity contribution is -0.384. The number of aliphatic carboxylic acids is 1. The zero-order valence-corrected chi connectivity index (χ0v) is 9.45. The molecule has 1 aromatic rings. The molecule has 1 aromatic carbocycles. The number of nitrogens with one attached hydrogen (secondary N) is 2. The van der Waals surface area contributed by atoms with Crippen LogP contribution in [-0.4, -0.2) is 16.9 Å². The van der Waals surface area contributed by atoms with Gasteiger partial charge in [0.25, 0.3) is 5.69 Å². The zero-order valence-electron chi connectivity index (χ0n) is 9.45. The van der Waals surface area contributed by atoms with Crippen molar-refractivity contribution in [3.8, 4) is 0 Å². The lowest BCUT2D eigenvalue weighted by atomic mass is 10.0. The molecule has 0 bridgehead atoms. The first-order valence-corrected chi connectivity index (χ1v) is 5.22. The van der Waals surface area contributed by atoms with E-state index in [0.29, 0.717) is 5.56 Å². The Morgan fingerprint density at radius 2 is 1.89 bits per heavy atom. The predicted molar refractivity (Wildman–Crippen MR) is 60.6 cm³/mol. The summed E-state index contributed by atoms with van der Waals surface area (Å²) in [6, 6.07) is 4.08. The average Bonchev–Trinajstić information content (AvgIpc) is 2.38. The van der Waals surface area contributed by atoms with Crippen LogP contribution in [-0.2, 0) is 4.79 Å². The fourth-order valence-corrected chi connectivity index (χ4v) is 1.65. The van der Waals surface area contributed by atoms with E-state index in [4.69, 9.17) is 0 Å². The number of urea groups is 1. The van der Waals surface area contributed by atoms with Gasteiger partial charge in [-0.15, -0.1) is 0 Å². The predicted octanol–water partition coefficient (Wildman–Crippen LogP) is -0.417. The third-order valence-corrected chi connectivity index (χ3v) is 2.55. The van der Waals surface area contributed by atoms with Crippen molar-refractivity contribution in [3.63, 3.8) is 0 Å². The minimum absolute atomic E-state index is 0.0897. The summed E-state index contributed by atoms with van der Waals surface area (Å²) in [6.45, 7) is 0. The summed E-state index contributed by atoms with van der Waals surface area (Å²) < 4.78 is 0. The van der Waals surface area contributed by atoms with E-state index in [1.807, 2.05) is 0 Å². The Morgan fingerprint density at radius 3 is 2.42 bits per heavy atom. The molecule has 0 spiro atoms. The van der Waals surface area contributed by atoms with Crippen molar-refractivity contribution in [1.29, 1.82) is 0 Å². The average molecular weight is 262 g/mol. The van der Waals surface area contributed by atoms with Crippen LogP contribution in [0.1, 0.15) is 11.6 Å². The van der Waals surface area contributed by atoms with Crippen LogP contribution >= 0.6 is 0 Å². The molecule has 19 heavy (non-hydrogen) atoms. The number of carbonyl (C=O) groups excluding carboxylic acids is 2. The lowest BCUT2D eigenvalue weighted by Gasteiger charge is -2.24. The fourth-order valence-electron chi connectivity index (χ4n) is 1.65. The highest BCUT2D eigenvalue weighted by atomic mass is 16.6. The van der Waals surface area contributed by atoms with Crippen LogP contribution in [0.2, 0.25) is 0 Å². The molecule has 1 aliphatic rings. The van der Waals surface area contributed by atoms with Gasteiger partial charge in [0.1, 0.15) is 0 Å². The van der Waals surface area contributed by atoms with E-state index >= 15 is 0 Å². The smallest absolute Gasteiger partial charge is 0.320 e. The van der Waals surface area contributed by atoms with Gasteiger partial charge in [-0.1, -0.05) is 0 Å². The molecule has 1 atom stereocenters. The Bertz CT molecular complexity index is 578. The lowest BCUT2D eigenvalue weighted by Crippen LogP contribution is -2.46. The number of nitro benzene ring substituents is 1. The minimum Gasteiger partial charge on any atom is -0.543 e. The number of non-ortho nitro benzene ring substituents is 1. The van der Waals surface area contributed by atoms with Gasteiger partial charge in [0.05, 0.1) is 22.6 Å². The van der Waals surface area contributed by atoms with E-state index in [1.54, 1.807) is 0 Å². The van der Waals surface area contributed by atoms with Crippen molar-refractivity contribution in [2.45, 2.75) is 6.04 Å². The highest BCUT2D eigenvalue weighted by molar-refractivity contribution is 5.92. The molecule has 2 amide bonds. The third-order valence-electron chi connectivity index (χ3n) is 2.55. The minimum atomic E-state index is -1.50. The molecule has 1 aliphatic heterocycles. The van der Waals surface area contributed by atoms with Crippen LogP contribution in [0.4, 0.5) is 10.5 Å². The van der Waals surface area contributed by atoms with E-state index in [0.717, 1.165) is 0 Å². The number of amides is 2. The zero-order chi connectivity index (χ0) is 14.0. The standard InChI is InChI=1S/C11H9N3O5/c15-10(16)9-5-8(12-11(17)13-9)6-1-3-7(4-2-6)14(18)19/h1-5,8H,(H,15,16)(H2,12,13,17)/p-1/t8-/m1/s1. The van der Waals surface area contributed by atoms with E-state index in [1.165, 1.54) is 30.3 Å². The van der Waals surface area contributed by atoms with Gasteiger partial charge in [-0.3, -0.25) is 10.1 Å². The first-order chi connectivity index (χ1) is 8.97. The van der Waals surface area contributed by atoms with Crippen molar-refractivity contribution in [1.82, 2.24) is 10.6 Å². The Kier molecular flexibility index (Phi) is 3.15. The summed E-state index contributed by atoms with van der Waals surface area (Å²) in [5.41, 5.74) is 0.0967. The maximum atomic E-state index is 11.3. The van der Waals surface area contributed by atoms with Crippen LogP contribution < -0.4 is 15.7 Å². The van der Waals surface area contributed by atoms with Gasteiger partial charge in [-0.25, -0.2) is 4.79 Å². The Labute approximate surface area is 106 Å². The molecule has 2 N–H and O–H groups in total. The summed E-state index contributed by atoms with van der Waals surface area (Å²) >= 11 is 0. The van der Waals surface area contributed by atoms with Gasteiger partial charge in [0.2, 0.25) is 0 Å². The van der Waals surface area contributed by atoms with Gasteiger partial charge in [0.15, 0.2) is 0 Å². The first-order valence-electron chi connectivity index (χ1n) is 5.22. The Morgan fingerprint density at radius 1 is 1.26 bits per heavy atom. The van der Waals surface area contributed by atoms with Crippen LogP contribution in [0, 0.1) is 10.1 Å². The van der Waals surface area contributed by atoms with Crippen molar-refractivity contribution in [3.05, 3.63) is 51.7 Å². The number of nitrogens with zero attached hydrogens (tertiary/aromatic N) is 1. The number of carbonyl (C=O) groups is 2. The van der Waals surface area contributed by atoms with Crippen molar-refractivity contribution < 1.29 is 19.6 Å². The Balaban J connectivity index is 2.30. The molecule has 1 heterocycles. The fraction of sp³-hybridized carbons (Fsp3) is 0.0909. The van der Waals surface area contributed by atoms with Crippen LogP contribution in [0.15, 0.2) is 36.0 Å². The van der Waals surface area contributed by atoms with Crippen molar-refractivity contribution >= 4 is 17.7 Å². The van der Waals surface area contributed by atoms with Gasteiger partial charge in [0, 0.05) is 12.1 Å². The number of carboxylic acid groups (broad SMARTS) is 1. The van der Waals surface area contributed by atoms with E-state index in [-0.39, 0.29) is 11.4 Å². The largest absolute Gasteiger partial charge is 0.543 e. The van der Waals surface area contributed by atoms with Crippen LogP contribution in [0.3, 0.4) is 0 Å². The molecule has 0 radical (unpaired) electrons. The summed E-state index contributed by atoms with van der Waals surface area (Å²) in [6.07, 6.45) is 1.26. The van der Waals surface area contributed by atoms with Crippen molar-refractivity contribution in [2.24, 2.45) is 0 Å². The number of nitro groups is 1. The second-order valence-corrected chi connectivity index (χ2v) is 3.79. The second-order valence-electron chi connectivity index (χ2n) is 3.79. The topological polar surface area (TPSA) is 124 Å². The van der Waals surface area contributed by atoms with E-state index in [2.05, 4.69) is 10.6 Å². The molecule has 0 saturated heterocycles. The quantitative estimate of drug-likeness (QED) is 0.565. The van der Waals surface area contributed by atoms with Gasteiger partial charge in [-0.2, -0.15) is 0 Å². The summed E-state index contributed by atoms with van der Waals surface area (Å²) in [5.74, 6) is -1.50. The summed E-state index contributed by atoms with van der Waals surface area (Å²) in [7, 11) is 0. The molecular weight excluding hydrogens is 254 g/mol. The number of hydrogen-bond donors (Lipinski definition) is 2. The Hall–Kier alpha value is -2.90. The molecule has 8 heteroatoms. The molecule has 0 saturated carbocycles. The van der Waals surface area contributed by atoms with Crippen molar-refractivity contribution in [2.75, 3.05) is 0 Å². The number of rotatable bonds is 3. The SMILES string of the molecule is O=C1NC(C(=O)[O-])=C[C@H](c2ccc([N+](=O)[O-])cc2)N1. The van der Waals surface area contributed by atoms with Crippen LogP contribution in [0.5, 0.6) is 0 Å². The second kappa shape index (κ2) is 4.77. The monoisotopic (exact) mass is 262 g/mol. The highest BCUT2D eigenvalue weighted by Gasteiger charge is 2.20. The summed E-state index contributed by atoms with van der Waals surface area (Å²) in [5, 5.41) is 25.8. The molecule has 0 aromatic heterocycles. The maximum absolute atomic E-state index is 11.3. The molecular formula is C11H8N3O5-. The number of benzene rings is 1. The molecule has 8 nitrogen and oxygen atoms in total. The number of carboxylic acids is 1. The van der Waals surface area contributed by atoms with E-state index < -0.39 is 23.0 Å². The molecule has 2 rings (SSSR count). The molecule has 0 fully saturated rings.